The lowest BCUT2D eigenvalue weighted by atomic mass is 9.91. The van der Waals surface area contributed by atoms with Gasteiger partial charge in [-0.25, -0.2) is 29.4 Å². The Morgan fingerprint density at radius 2 is 0.560 bits per heavy atom. The Morgan fingerprint density at radius 1 is 0.284 bits per heavy atom. The summed E-state index contributed by atoms with van der Waals surface area (Å²) in [5.74, 6) is -4.62. The molecule has 522 valence electrons. The lowest BCUT2D eigenvalue weighted by Crippen LogP contribution is -2.44. The molecule has 14 heteroatoms. The van der Waals surface area contributed by atoms with E-state index in [9.17, 15) is 35.0 Å². The average molecular weight is 1420 g/mol. The van der Waals surface area contributed by atoms with Crippen LogP contribution in [-0.2, 0) is 38.1 Å². The van der Waals surface area contributed by atoms with Crippen LogP contribution >= 0.6 is 0 Å². The van der Waals surface area contributed by atoms with Gasteiger partial charge in [-0.15, -0.1) is 0 Å². The third kappa shape index (κ3) is 18.3. The van der Waals surface area contributed by atoms with Gasteiger partial charge in [0.25, 0.3) is 17.1 Å². The molecule has 12 rings (SSSR count). The van der Waals surface area contributed by atoms with Crippen LogP contribution in [0.1, 0.15) is 55.6 Å². The molecule has 0 fully saturated rings. The van der Waals surface area contributed by atoms with E-state index < -0.39 is 78.3 Å². The Kier molecular flexibility index (Phi) is 25.3. The van der Waals surface area contributed by atoms with E-state index in [1.54, 1.807) is 243 Å². The van der Waals surface area contributed by atoms with Crippen molar-refractivity contribution in [3.8, 4) is 29.3 Å². The predicted octanol–water partition coefficient (Wildman–Crippen LogP) is 19.7. The number of esters is 4. The molecule has 14 nitrogen and oxygen atoms in total. The second-order valence-electron chi connectivity index (χ2n) is 24.5. The molecule has 12 aromatic carbocycles. The highest BCUT2D eigenvalue weighted by atomic mass is 16.6. The number of ether oxygens (including phenoxy) is 4. The zero-order chi connectivity index (χ0) is 76.2. The third-order valence-corrected chi connectivity index (χ3v) is 17.5. The number of carbonyl (C=O) groups excluding carboxylic acids is 4. The van der Waals surface area contributed by atoms with Crippen LogP contribution in [-0.4, -0.2) is 50.3 Å². The molecule has 12 aromatic rings. The minimum absolute atomic E-state index is 0.101. The van der Waals surface area contributed by atoms with Crippen molar-refractivity contribution in [2.45, 2.75) is 0 Å². The number of hydrogen-bond acceptors (Lipinski definition) is 11. The highest BCUT2D eigenvalue weighted by molar-refractivity contribution is 6.08. The Bertz CT molecular complexity index is 5010. The van der Waals surface area contributed by atoms with Crippen molar-refractivity contribution in [3.63, 3.8) is 0 Å². The van der Waals surface area contributed by atoms with Gasteiger partial charge in [-0.2, -0.15) is 10.5 Å². The molecule has 0 aliphatic carbocycles. The van der Waals surface area contributed by atoms with Gasteiger partial charge in [0, 0.05) is 27.9 Å². The quantitative estimate of drug-likeness (QED) is 0.0195. The SMILES string of the molecule is [C-]#[N+]/C(C#N)=C(/c1ccc(-c2ccccc2)cc1)c1cccc2ccccc12.[C-]#[N+]C(C(=O)OCC(COC(=O)C(C#N)=C(c1ccccc1)c1ccccc1)(COC(=O)C(C#N)=C(c1ccccc1)c1ccccc1)COC(=O)C([N+]#[C-])=C(c1ccccc1)c1ccccc1)=C(c1ccccc1)c1ccccc1. The van der Waals surface area contributed by atoms with Crippen molar-refractivity contribution in [2.24, 2.45) is 5.41 Å². The summed E-state index contributed by atoms with van der Waals surface area (Å²) in [4.78, 5) is 69.8. The molecule has 0 saturated heterocycles. The fourth-order valence-electron chi connectivity index (χ4n) is 12.3. The molecule has 0 saturated carbocycles. The Labute approximate surface area is 631 Å². The van der Waals surface area contributed by atoms with Crippen LogP contribution < -0.4 is 0 Å². The molecule has 0 bridgehead atoms. The van der Waals surface area contributed by atoms with Gasteiger partial charge in [0.2, 0.25) is 0 Å². The zero-order valence-electron chi connectivity index (χ0n) is 58.6. The molecule has 0 aliphatic heterocycles. The fraction of sp³-hybridized carbons (Fsp3) is 0.0526. The molecule has 0 aliphatic rings. The van der Waals surface area contributed by atoms with E-state index in [0.717, 1.165) is 33.0 Å². The highest BCUT2D eigenvalue weighted by Crippen LogP contribution is 2.37. The van der Waals surface area contributed by atoms with Crippen molar-refractivity contribution in [1.82, 2.24) is 0 Å². The van der Waals surface area contributed by atoms with Gasteiger partial charge in [0.1, 0.15) is 55.1 Å². The van der Waals surface area contributed by atoms with Crippen LogP contribution in [0.4, 0.5) is 0 Å². The average Bonchev–Trinajstić information content (AvgIpc) is 0.834. The van der Waals surface area contributed by atoms with Gasteiger partial charge in [-0.3, -0.25) is 9.59 Å². The van der Waals surface area contributed by atoms with Gasteiger partial charge in [-0.05, 0) is 77.5 Å². The van der Waals surface area contributed by atoms with E-state index in [0.29, 0.717) is 50.1 Å². The number of nitriles is 3. The van der Waals surface area contributed by atoms with Crippen LogP contribution in [0.3, 0.4) is 0 Å². The molecule has 109 heavy (non-hydrogen) atoms. The zero-order valence-corrected chi connectivity index (χ0v) is 58.6. The lowest BCUT2D eigenvalue weighted by Gasteiger charge is -2.32. The minimum Gasteiger partial charge on any atom is -0.470 e. The maximum Gasteiger partial charge on any atom is 0.349 e. The molecule has 0 aromatic heterocycles. The number of nitrogens with zero attached hydrogens (tertiary/aromatic N) is 6. The first-order valence-corrected chi connectivity index (χ1v) is 34.3. The summed E-state index contributed by atoms with van der Waals surface area (Å²) in [7, 11) is 0. The summed E-state index contributed by atoms with van der Waals surface area (Å²) in [6, 6.07) is 108. The van der Waals surface area contributed by atoms with Crippen molar-refractivity contribution in [3.05, 3.63) is 458 Å². The van der Waals surface area contributed by atoms with Crippen LogP contribution in [0.2, 0.25) is 0 Å². The second-order valence-corrected chi connectivity index (χ2v) is 24.5. The van der Waals surface area contributed by atoms with Crippen molar-refractivity contribution in [1.29, 1.82) is 15.8 Å². The summed E-state index contributed by atoms with van der Waals surface area (Å²) in [5, 5.41) is 33.3. The smallest absolute Gasteiger partial charge is 0.349 e. The van der Waals surface area contributed by atoms with Crippen molar-refractivity contribution < 1.29 is 38.1 Å². The van der Waals surface area contributed by atoms with Crippen LogP contribution in [0.5, 0.6) is 0 Å². The maximum atomic E-state index is 14.7. The number of carbonyl (C=O) groups is 4. The summed E-state index contributed by atoms with van der Waals surface area (Å²) in [6.45, 7) is 20.7. The largest absolute Gasteiger partial charge is 0.470 e. The second kappa shape index (κ2) is 37.0. The standard InChI is InChI=1S/C69H48N4O8.C26H16N2/c1-72-63(61(53-35-19-7-20-36-53)54-37-21-8-22-38-54)67(76)80-47-69(45-78-65(74)57(43-70)59(49-27-11-3-12-28-49)50-29-13-4-14-30-50,46-79-66(75)58(44-71)60(51-31-15-5-16-32-51)52-33-17-6-18-34-52)48-81-68(77)64(73-2)62(55-39-23-9-24-40-55)56-41-25-10-26-42-56;1-28-25(18-27)26(24-13-7-11-21-10-5-6-12-23(21)24)22-16-14-20(15-17-22)19-8-3-2-4-9-19/h3-42H,45-48H2;2-17H/b;26-25-. The molecular formula is C95H64N6O8. The third-order valence-electron chi connectivity index (χ3n) is 17.5. The van der Waals surface area contributed by atoms with E-state index in [1.165, 1.54) is 0 Å². The van der Waals surface area contributed by atoms with Crippen LogP contribution in [0.25, 0.3) is 64.3 Å². The van der Waals surface area contributed by atoms with Gasteiger partial charge in [-0.1, -0.05) is 340 Å². The number of fused-ring (bicyclic) bond motifs is 1. The number of allylic oxidation sites excluding steroid dienone is 1. The number of rotatable bonds is 23. The summed E-state index contributed by atoms with van der Waals surface area (Å²) < 4.78 is 24.3. The van der Waals surface area contributed by atoms with Gasteiger partial charge in [0.05, 0.1) is 25.8 Å². The lowest BCUT2D eigenvalue weighted by molar-refractivity contribution is -0.165. The van der Waals surface area contributed by atoms with E-state index >= 15 is 0 Å². The topological polar surface area (TPSA) is 190 Å². The normalized spacial score (nSPS) is 10.6. The van der Waals surface area contributed by atoms with Gasteiger partial charge >= 0.3 is 23.9 Å². The molecule has 0 amide bonds. The molecule has 0 spiro atoms. The fourth-order valence-corrected chi connectivity index (χ4v) is 12.3. The molecule has 0 unspecified atom stereocenters. The monoisotopic (exact) mass is 1420 g/mol. The van der Waals surface area contributed by atoms with Crippen LogP contribution in [0, 0.1) is 59.1 Å². The predicted molar refractivity (Wildman–Crippen MR) is 420 cm³/mol. The summed E-state index contributed by atoms with van der Waals surface area (Å²) in [5.41, 5.74) is 5.83. The van der Waals surface area contributed by atoms with E-state index in [2.05, 4.69) is 32.7 Å². The maximum absolute atomic E-state index is 14.7. The molecule has 0 radical (unpaired) electrons. The molecule has 0 N–H and O–H groups in total. The first kappa shape index (κ1) is 74.6. The van der Waals surface area contributed by atoms with E-state index in [1.807, 2.05) is 97.1 Å². The summed E-state index contributed by atoms with van der Waals surface area (Å²) in [6.07, 6.45) is 0. The highest BCUT2D eigenvalue weighted by Gasteiger charge is 2.41. The Hall–Kier alpha value is -15.6. The van der Waals surface area contributed by atoms with Crippen molar-refractivity contribution >= 4 is 62.5 Å². The Morgan fingerprint density at radius 3 is 0.872 bits per heavy atom. The van der Waals surface area contributed by atoms with Gasteiger partial charge in [0.15, 0.2) is 0 Å². The molecular weight excluding hydrogens is 1350 g/mol. The molecule has 0 heterocycles. The number of benzene rings is 12. The summed E-state index contributed by atoms with van der Waals surface area (Å²) >= 11 is 0. The first-order chi connectivity index (χ1) is 53.5. The first-order valence-electron chi connectivity index (χ1n) is 34.3. The number of hydrogen-bond donors (Lipinski definition) is 0. The van der Waals surface area contributed by atoms with Crippen molar-refractivity contribution in [2.75, 3.05) is 26.4 Å². The van der Waals surface area contributed by atoms with Crippen LogP contribution in [0.15, 0.2) is 368 Å². The van der Waals surface area contributed by atoms with Gasteiger partial charge < -0.3 is 18.9 Å². The van der Waals surface area contributed by atoms with E-state index in [4.69, 9.17) is 38.7 Å². The minimum atomic E-state index is -2.11. The Balaban J connectivity index is 0.000000350. The molecule has 0 atom stereocenters. The van der Waals surface area contributed by atoms with E-state index in [-0.39, 0.29) is 28.0 Å².